The van der Waals surface area contributed by atoms with Crippen molar-refractivity contribution in [1.29, 1.82) is 0 Å². The normalized spacial score (nSPS) is 11.9. The number of hydrogen-bond donors (Lipinski definition) is 2. The molecule has 0 aromatic heterocycles. The molecule has 1 atom stereocenters. The maximum Gasteiger partial charge on any atom is 0.320 e. The predicted octanol–water partition coefficient (Wildman–Crippen LogP) is 4.86. The van der Waals surface area contributed by atoms with Crippen molar-refractivity contribution in [3.05, 3.63) is 0 Å². The van der Waals surface area contributed by atoms with Crippen LogP contribution in [0.25, 0.3) is 0 Å². The van der Waals surface area contributed by atoms with Crippen LogP contribution >= 0.6 is 24.2 Å². The summed E-state index contributed by atoms with van der Waals surface area (Å²) in [5.41, 5.74) is 5.44. The Labute approximate surface area is 141 Å². The molecule has 0 saturated carbocycles. The minimum Gasteiger partial charge on any atom is -0.480 e. The summed E-state index contributed by atoms with van der Waals surface area (Å²) >= 11 is 1.83. The quantitative estimate of drug-likeness (QED) is 0.418. The Morgan fingerprint density at radius 2 is 1.43 bits per heavy atom. The minimum atomic E-state index is -0.885. The van der Waals surface area contributed by atoms with Crippen molar-refractivity contribution in [3.63, 3.8) is 0 Å². The SMILES string of the molecule is CCCCCCCCCCCCSCC[C@H](N)C(=O)O.Cl. The van der Waals surface area contributed by atoms with Gasteiger partial charge in [-0.2, -0.15) is 11.8 Å². The average molecular weight is 340 g/mol. The zero-order chi connectivity index (χ0) is 15.1. The lowest BCUT2D eigenvalue weighted by Gasteiger charge is -2.06. The molecule has 0 spiro atoms. The molecule has 5 heteroatoms. The summed E-state index contributed by atoms with van der Waals surface area (Å²) in [6.45, 7) is 2.26. The second-order valence-corrected chi connectivity index (χ2v) is 6.75. The van der Waals surface area contributed by atoms with Crippen LogP contribution in [0, 0.1) is 0 Å². The fourth-order valence-corrected chi connectivity index (χ4v) is 3.16. The molecule has 0 unspecified atom stereocenters. The molecule has 0 aliphatic carbocycles. The zero-order valence-corrected chi connectivity index (χ0v) is 15.2. The number of nitrogens with two attached hydrogens (primary N) is 1. The van der Waals surface area contributed by atoms with Crippen molar-refractivity contribution in [2.45, 2.75) is 83.6 Å². The highest BCUT2D eigenvalue weighted by atomic mass is 35.5. The maximum absolute atomic E-state index is 10.5. The van der Waals surface area contributed by atoms with Crippen LogP contribution in [0.2, 0.25) is 0 Å². The molecule has 0 aliphatic heterocycles. The van der Waals surface area contributed by atoms with Crippen LogP contribution in [-0.2, 0) is 4.79 Å². The summed E-state index contributed by atoms with van der Waals surface area (Å²) in [5, 5.41) is 8.64. The van der Waals surface area contributed by atoms with Crippen molar-refractivity contribution >= 4 is 30.1 Å². The van der Waals surface area contributed by atoms with Gasteiger partial charge in [-0.05, 0) is 24.3 Å². The number of thioether (sulfide) groups is 1. The van der Waals surface area contributed by atoms with Gasteiger partial charge in [0.05, 0.1) is 0 Å². The highest BCUT2D eigenvalue weighted by Crippen LogP contribution is 2.13. The van der Waals surface area contributed by atoms with Crippen LogP contribution < -0.4 is 5.73 Å². The first kappa shape index (κ1) is 23.3. The highest BCUT2D eigenvalue weighted by Gasteiger charge is 2.09. The van der Waals surface area contributed by atoms with Gasteiger partial charge in [0.1, 0.15) is 6.04 Å². The summed E-state index contributed by atoms with van der Waals surface area (Å²) in [4.78, 5) is 10.5. The second-order valence-electron chi connectivity index (χ2n) is 5.53. The van der Waals surface area contributed by atoms with Crippen molar-refractivity contribution in [2.75, 3.05) is 11.5 Å². The van der Waals surface area contributed by atoms with Gasteiger partial charge in [0.15, 0.2) is 0 Å². The Morgan fingerprint density at radius 3 is 1.90 bits per heavy atom. The van der Waals surface area contributed by atoms with Gasteiger partial charge in [0.2, 0.25) is 0 Å². The van der Waals surface area contributed by atoms with E-state index in [1.807, 2.05) is 11.8 Å². The summed E-state index contributed by atoms with van der Waals surface area (Å²) in [7, 11) is 0. The van der Waals surface area contributed by atoms with E-state index in [4.69, 9.17) is 10.8 Å². The predicted molar refractivity (Wildman–Crippen MR) is 96.6 cm³/mol. The molecular weight excluding hydrogens is 306 g/mol. The summed E-state index contributed by atoms with van der Waals surface area (Å²) in [6.07, 6.45) is 14.2. The monoisotopic (exact) mass is 339 g/mol. The molecule has 0 heterocycles. The molecule has 3 N–H and O–H groups in total. The Bertz CT molecular complexity index is 230. The molecular formula is C16H34ClNO2S. The minimum absolute atomic E-state index is 0. The molecule has 128 valence electrons. The van der Waals surface area contributed by atoms with Crippen molar-refractivity contribution in [1.82, 2.24) is 0 Å². The number of rotatable bonds is 15. The number of unbranched alkanes of at least 4 members (excludes halogenated alkanes) is 9. The summed E-state index contributed by atoms with van der Waals surface area (Å²) in [6, 6.07) is -0.685. The lowest BCUT2D eigenvalue weighted by atomic mass is 10.1. The second kappa shape index (κ2) is 18.1. The molecule has 0 amide bonds. The Kier molecular flexibility index (Phi) is 20.1. The standard InChI is InChI=1S/C16H33NO2S.ClH/c1-2-3-4-5-6-7-8-9-10-11-13-20-14-12-15(17)16(18)19;/h15H,2-14,17H2,1H3,(H,18,19);1H/t15-;/m0./s1. The first-order chi connectivity index (χ1) is 9.68. The Morgan fingerprint density at radius 1 is 0.952 bits per heavy atom. The van der Waals surface area contributed by atoms with E-state index in [0.717, 1.165) is 11.5 Å². The van der Waals surface area contributed by atoms with Gasteiger partial charge in [-0.1, -0.05) is 64.7 Å². The number of hydrogen-bond acceptors (Lipinski definition) is 3. The van der Waals surface area contributed by atoms with E-state index in [2.05, 4.69) is 6.92 Å². The van der Waals surface area contributed by atoms with Gasteiger partial charge in [-0.15, -0.1) is 12.4 Å². The first-order valence-corrected chi connectivity index (χ1v) is 9.40. The molecule has 0 rings (SSSR count). The van der Waals surface area contributed by atoms with Crippen LogP contribution in [0.5, 0.6) is 0 Å². The number of carboxylic acid groups (broad SMARTS) is 1. The first-order valence-electron chi connectivity index (χ1n) is 8.24. The lowest BCUT2D eigenvalue weighted by Crippen LogP contribution is -2.30. The van der Waals surface area contributed by atoms with Crippen LogP contribution in [0.3, 0.4) is 0 Å². The molecule has 3 nitrogen and oxygen atoms in total. The molecule has 0 aromatic rings. The molecule has 0 radical (unpaired) electrons. The number of carboxylic acids is 1. The van der Waals surface area contributed by atoms with Crippen molar-refractivity contribution < 1.29 is 9.90 Å². The fourth-order valence-electron chi connectivity index (χ4n) is 2.13. The maximum atomic E-state index is 10.5. The van der Waals surface area contributed by atoms with Gasteiger partial charge in [0.25, 0.3) is 0 Å². The van der Waals surface area contributed by atoms with Gasteiger partial charge >= 0.3 is 5.97 Å². The lowest BCUT2D eigenvalue weighted by molar-refractivity contribution is -0.138. The van der Waals surface area contributed by atoms with Gasteiger partial charge in [0, 0.05) is 0 Å². The third kappa shape index (κ3) is 18.0. The Hall–Kier alpha value is 0.0700. The van der Waals surface area contributed by atoms with Crippen molar-refractivity contribution in [3.8, 4) is 0 Å². The van der Waals surface area contributed by atoms with E-state index in [-0.39, 0.29) is 12.4 Å². The van der Waals surface area contributed by atoms with E-state index < -0.39 is 12.0 Å². The summed E-state index contributed by atoms with van der Waals surface area (Å²) in [5.74, 6) is 1.12. The number of halogens is 1. The van der Waals surface area contributed by atoms with Crippen LogP contribution in [0.1, 0.15) is 77.6 Å². The molecule has 0 fully saturated rings. The van der Waals surface area contributed by atoms with E-state index in [1.165, 1.54) is 64.2 Å². The van der Waals surface area contributed by atoms with E-state index in [0.29, 0.717) is 6.42 Å². The third-order valence-electron chi connectivity index (χ3n) is 3.53. The number of aliphatic carboxylic acids is 1. The topological polar surface area (TPSA) is 63.3 Å². The molecule has 0 saturated heterocycles. The Balaban J connectivity index is 0. The van der Waals surface area contributed by atoms with Crippen LogP contribution in [0.4, 0.5) is 0 Å². The van der Waals surface area contributed by atoms with Gasteiger partial charge < -0.3 is 10.8 Å². The van der Waals surface area contributed by atoms with Crippen molar-refractivity contribution in [2.24, 2.45) is 5.73 Å². The third-order valence-corrected chi connectivity index (χ3v) is 4.63. The number of carbonyl (C=O) groups is 1. The van der Waals surface area contributed by atoms with Crippen LogP contribution in [0.15, 0.2) is 0 Å². The fraction of sp³-hybridized carbons (Fsp3) is 0.938. The van der Waals surface area contributed by atoms with E-state index >= 15 is 0 Å². The van der Waals surface area contributed by atoms with Gasteiger partial charge in [-0.25, -0.2) is 0 Å². The van der Waals surface area contributed by atoms with Crippen LogP contribution in [-0.4, -0.2) is 28.6 Å². The zero-order valence-electron chi connectivity index (χ0n) is 13.5. The summed E-state index contributed by atoms with van der Waals surface area (Å²) < 4.78 is 0. The smallest absolute Gasteiger partial charge is 0.320 e. The van der Waals surface area contributed by atoms with E-state index in [9.17, 15) is 4.79 Å². The van der Waals surface area contributed by atoms with E-state index in [1.54, 1.807) is 0 Å². The van der Waals surface area contributed by atoms with Gasteiger partial charge in [-0.3, -0.25) is 4.79 Å². The molecule has 0 aromatic carbocycles. The molecule has 0 bridgehead atoms. The average Bonchev–Trinajstić information content (AvgIpc) is 2.43. The highest BCUT2D eigenvalue weighted by molar-refractivity contribution is 7.99. The largest absolute Gasteiger partial charge is 0.480 e. The molecule has 21 heavy (non-hydrogen) atoms. The molecule has 0 aliphatic rings.